The van der Waals surface area contributed by atoms with Gasteiger partial charge in [0.05, 0.1) is 0 Å². The van der Waals surface area contributed by atoms with Gasteiger partial charge in [0.15, 0.2) is 11.8 Å². The van der Waals surface area contributed by atoms with Gasteiger partial charge in [-0.1, -0.05) is 22.8 Å². The average Bonchev–Trinajstić information content (AvgIpc) is 2.16. The Morgan fingerprint density at radius 2 is 2.00 bits per heavy atom. The molecular formula is C10H10OP+. The van der Waals surface area contributed by atoms with Crippen molar-refractivity contribution in [3.8, 4) is 11.6 Å². The van der Waals surface area contributed by atoms with Crippen LogP contribution in [0.2, 0.25) is 0 Å². The van der Waals surface area contributed by atoms with Gasteiger partial charge in [-0.15, -0.1) is 0 Å². The first-order valence-electron chi connectivity index (χ1n) is 3.84. The minimum absolute atomic E-state index is 0.634. The van der Waals surface area contributed by atoms with Crippen molar-refractivity contribution in [2.45, 2.75) is 6.92 Å². The molecule has 12 heavy (non-hydrogen) atoms. The van der Waals surface area contributed by atoms with Gasteiger partial charge in [0.25, 0.3) is 0 Å². The van der Waals surface area contributed by atoms with Gasteiger partial charge in [0.1, 0.15) is 0 Å². The molecule has 0 radical (unpaired) electrons. The van der Waals surface area contributed by atoms with Gasteiger partial charge in [-0.25, -0.2) is 0 Å². The van der Waals surface area contributed by atoms with E-state index < -0.39 is 7.80 Å². The zero-order chi connectivity index (χ0) is 8.81. The summed E-state index contributed by atoms with van der Waals surface area (Å²) in [4.78, 5) is 0. The van der Waals surface area contributed by atoms with Crippen LogP contribution in [0.1, 0.15) is 12.5 Å². The third-order valence-electron chi connectivity index (χ3n) is 1.39. The Morgan fingerprint density at radius 3 is 2.58 bits per heavy atom. The van der Waals surface area contributed by atoms with Crippen LogP contribution >= 0.6 is 7.80 Å². The standard InChI is InChI=1S/C10H10OP/c1-2-12(11)9-8-10-6-4-3-5-7-10/h3-7H,2H2,1H3/q+1. The predicted octanol–water partition coefficient (Wildman–Crippen LogP) is 2.84. The molecule has 0 heterocycles. The SMILES string of the molecule is CC[P+](=O)C#Cc1ccccc1. The highest BCUT2D eigenvalue weighted by atomic mass is 31.1. The van der Waals surface area contributed by atoms with E-state index in [1.165, 1.54) is 0 Å². The van der Waals surface area contributed by atoms with Crippen LogP contribution in [0.15, 0.2) is 30.3 Å². The molecule has 0 aliphatic heterocycles. The topological polar surface area (TPSA) is 17.1 Å². The van der Waals surface area contributed by atoms with Crippen LogP contribution in [0.4, 0.5) is 0 Å². The molecule has 0 saturated heterocycles. The molecular weight excluding hydrogens is 167 g/mol. The average molecular weight is 177 g/mol. The highest BCUT2D eigenvalue weighted by molar-refractivity contribution is 7.50. The fraction of sp³-hybridized carbons (Fsp3) is 0.200. The summed E-state index contributed by atoms with van der Waals surface area (Å²) in [7, 11) is -1.31. The highest BCUT2D eigenvalue weighted by Gasteiger charge is 2.03. The van der Waals surface area contributed by atoms with Crippen molar-refractivity contribution in [1.82, 2.24) is 0 Å². The molecule has 1 aromatic carbocycles. The lowest BCUT2D eigenvalue weighted by molar-refractivity contribution is 0.594. The maximum Gasteiger partial charge on any atom is 0.428 e. The lowest BCUT2D eigenvalue weighted by Gasteiger charge is -1.82. The van der Waals surface area contributed by atoms with Crippen molar-refractivity contribution in [3.63, 3.8) is 0 Å². The minimum Gasteiger partial charge on any atom is -0.0622 e. The Labute approximate surface area is 73.6 Å². The van der Waals surface area contributed by atoms with Crippen molar-refractivity contribution < 1.29 is 4.57 Å². The van der Waals surface area contributed by atoms with E-state index in [9.17, 15) is 4.57 Å². The Bertz CT molecular complexity index is 319. The van der Waals surface area contributed by atoms with Crippen LogP contribution in [-0.2, 0) is 4.57 Å². The summed E-state index contributed by atoms with van der Waals surface area (Å²) in [6, 6.07) is 9.59. The third-order valence-corrected chi connectivity index (χ3v) is 2.32. The Balaban J connectivity index is 2.74. The number of hydrogen-bond acceptors (Lipinski definition) is 1. The molecule has 0 N–H and O–H groups in total. The van der Waals surface area contributed by atoms with E-state index in [1.807, 2.05) is 37.3 Å². The van der Waals surface area contributed by atoms with Crippen molar-refractivity contribution >= 4 is 7.80 Å². The second-order valence-electron chi connectivity index (χ2n) is 2.30. The van der Waals surface area contributed by atoms with Crippen LogP contribution < -0.4 is 0 Å². The second kappa shape index (κ2) is 4.70. The van der Waals surface area contributed by atoms with E-state index >= 15 is 0 Å². The van der Waals surface area contributed by atoms with E-state index in [2.05, 4.69) is 11.6 Å². The Morgan fingerprint density at radius 1 is 1.33 bits per heavy atom. The summed E-state index contributed by atoms with van der Waals surface area (Å²) < 4.78 is 11.0. The molecule has 1 aromatic rings. The Hall–Kier alpha value is -1.12. The van der Waals surface area contributed by atoms with Gasteiger partial charge in [0.2, 0.25) is 0 Å². The molecule has 1 rings (SSSR count). The molecule has 0 saturated carbocycles. The molecule has 0 bridgehead atoms. The first kappa shape index (κ1) is 8.97. The first-order valence-corrected chi connectivity index (χ1v) is 5.29. The van der Waals surface area contributed by atoms with E-state index in [0.29, 0.717) is 6.16 Å². The van der Waals surface area contributed by atoms with Gasteiger partial charge < -0.3 is 0 Å². The van der Waals surface area contributed by atoms with Gasteiger partial charge in [-0.3, -0.25) is 0 Å². The van der Waals surface area contributed by atoms with E-state index in [-0.39, 0.29) is 0 Å². The molecule has 0 amide bonds. The molecule has 0 aliphatic carbocycles. The van der Waals surface area contributed by atoms with Gasteiger partial charge in [0, 0.05) is 5.56 Å². The third kappa shape index (κ3) is 2.86. The van der Waals surface area contributed by atoms with Crippen LogP contribution in [0.5, 0.6) is 0 Å². The smallest absolute Gasteiger partial charge is 0.0622 e. The second-order valence-corrected chi connectivity index (χ2v) is 3.91. The predicted molar refractivity (Wildman–Crippen MR) is 51.5 cm³/mol. The summed E-state index contributed by atoms with van der Waals surface area (Å²) in [6.45, 7) is 1.87. The van der Waals surface area contributed by atoms with Crippen LogP contribution in [0.25, 0.3) is 0 Å². The summed E-state index contributed by atoms with van der Waals surface area (Å²) in [6.07, 6.45) is 0.634. The molecule has 0 fully saturated rings. The van der Waals surface area contributed by atoms with E-state index in [1.54, 1.807) is 0 Å². The minimum atomic E-state index is -1.31. The van der Waals surface area contributed by atoms with Crippen LogP contribution in [0.3, 0.4) is 0 Å². The van der Waals surface area contributed by atoms with E-state index in [4.69, 9.17) is 0 Å². The monoisotopic (exact) mass is 177 g/mol. The van der Waals surface area contributed by atoms with Crippen molar-refractivity contribution in [3.05, 3.63) is 35.9 Å². The normalized spacial score (nSPS) is 9.92. The molecule has 1 nitrogen and oxygen atoms in total. The molecule has 60 valence electrons. The van der Waals surface area contributed by atoms with Crippen molar-refractivity contribution in [2.75, 3.05) is 6.16 Å². The van der Waals surface area contributed by atoms with Crippen LogP contribution in [0, 0.1) is 11.6 Å². The summed E-state index contributed by atoms with van der Waals surface area (Å²) >= 11 is 0. The zero-order valence-corrected chi connectivity index (χ0v) is 7.84. The number of benzene rings is 1. The molecule has 0 aromatic heterocycles. The molecule has 0 aliphatic rings. The Kier molecular flexibility index (Phi) is 3.51. The fourth-order valence-corrected chi connectivity index (χ4v) is 1.14. The van der Waals surface area contributed by atoms with Crippen LogP contribution in [-0.4, -0.2) is 6.16 Å². The molecule has 0 spiro atoms. The molecule has 2 heteroatoms. The number of hydrogen-bond donors (Lipinski definition) is 0. The summed E-state index contributed by atoms with van der Waals surface area (Å²) in [5, 5.41) is 0. The lowest BCUT2D eigenvalue weighted by Crippen LogP contribution is -1.69. The summed E-state index contributed by atoms with van der Waals surface area (Å²) in [5.74, 6) is 2.86. The maximum absolute atomic E-state index is 11.0. The molecule has 1 atom stereocenters. The summed E-state index contributed by atoms with van der Waals surface area (Å²) in [5.41, 5.74) is 3.63. The molecule has 1 unspecified atom stereocenters. The van der Waals surface area contributed by atoms with Crippen molar-refractivity contribution in [2.24, 2.45) is 0 Å². The zero-order valence-electron chi connectivity index (χ0n) is 6.95. The maximum atomic E-state index is 11.0. The highest BCUT2D eigenvalue weighted by Crippen LogP contribution is 2.15. The first-order chi connectivity index (χ1) is 5.83. The van der Waals surface area contributed by atoms with Gasteiger partial charge in [-0.2, -0.15) is 0 Å². The quantitative estimate of drug-likeness (QED) is 0.476. The van der Waals surface area contributed by atoms with Crippen molar-refractivity contribution in [1.29, 1.82) is 0 Å². The van der Waals surface area contributed by atoms with Gasteiger partial charge >= 0.3 is 7.80 Å². The fourth-order valence-electron chi connectivity index (χ4n) is 0.727. The number of rotatable bonds is 1. The largest absolute Gasteiger partial charge is 0.428 e. The lowest BCUT2D eigenvalue weighted by atomic mass is 10.2. The van der Waals surface area contributed by atoms with Gasteiger partial charge in [-0.05, 0) is 25.0 Å². The van der Waals surface area contributed by atoms with E-state index in [0.717, 1.165) is 5.56 Å².